The number of rotatable bonds is 6. The molecule has 1 fully saturated rings. The molecule has 1 aliphatic heterocycles. The van der Waals surface area contributed by atoms with Gasteiger partial charge in [-0.25, -0.2) is 4.68 Å². The number of amides is 1. The van der Waals surface area contributed by atoms with Gasteiger partial charge in [0.2, 0.25) is 5.91 Å². The van der Waals surface area contributed by atoms with E-state index in [-0.39, 0.29) is 12.5 Å². The predicted octanol–water partition coefficient (Wildman–Crippen LogP) is -1.49. The van der Waals surface area contributed by atoms with E-state index in [1.54, 1.807) is 0 Å². The van der Waals surface area contributed by atoms with Crippen LogP contribution in [0.1, 0.15) is 6.42 Å². The number of morpholine rings is 1. The Labute approximate surface area is 105 Å². The monoisotopic (exact) mass is 254 g/mol. The molecule has 0 bridgehead atoms. The van der Waals surface area contributed by atoms with Crippen molar-refractivity contribution in [1.82, 2.24) is 30.4 Å². The van der Waals surface area contributed by atoms with Gasteiger partial charge in [0.05, 0.1) is 13.2 Å². The molecule has 0 unspecified atom stereocenters. The second kappa shape index (κ2) is 7.02. The van der Waals surface area contributed by atoms with Gasteiger partial charge in [0.15, 0.2) is 0 Å². The number of nitrogens with zero attached hydrogens (tertiary/aromatic N) is 5. The zero-order valence-corrected chi connectivity index (χ0v) is 10.3. The summed E-state index contributed by atoms with van der Waals surface area (Å²) in [6, 6.07) is 0. The number of ether oxygens (including phenoxy) is 1. The number of hydrogen-bond donors (Lipinski definition) is 1. The molecule has 2 heterocycles. The van der Waals surface area contributed by atoms with Crippen LogP contribution in [0, 0.1) is 0 Å². The maximum Gasteiger partial charge on any atom is 0.241 e. The lowest BCUT2D eigenvalue weighted by molar-refractivity contribution is -0.121. The molecule has 2 rings (SSSR count). The molecule has 0 aliphatic carbocycles. The molecule has 0 aromatic carbocycles. The second-order valence-electron chi connectivity index (χ2n) is 4.16. The minimum atomic E-state index is -0.0655. The zero-order chi connectivity index (χ0) is 12.6. The first-order valence-electron chi connectivity index (χ1n) is 6.12. The quantitative estimate of drug-likeness (QED) is 0.623. The largest absolute Gasteiger partial charge is 0.379 e. The van der Waals surface area contributed by atoms with Crippen molar-refractivity contribution in [3.05, 3.63) is 6.33 Å². The van der Waals surface area contributed by atoms with E-state index in [2.05, 4.69) is 25.7 Å². The molecule has 1 aromatic rings. The molecule has 0 radical (unpaired) electrons. The molecule has 1 N–H and O–H groups in total. The Morgan fingerprint density at radius 1 is 1.39 bits per heavy atom. The third-order valence-electron chi connectivity index (χ3n) is 2.77. The topological polar surface area (TPSA) is 85.2 Å². The van der Waals surface area contributed by atoms with Gasteiger partial charge in [-0.15, -0.1) is 5.10 Å². The first-order valence-corrected chi connectivity index (χ1v) is 6.12. The molecular weight excluding hydrogens is 236 g/mol. The SMILES string of the molecule is O=C(Cn1cnnn1)NCCCN1CCOCC1. The summed E-state index contributed by atoms with van der Waals surface area (Å²) in [4.78, 5) is 13.8. The van der Waals surface area contributed by atoms with Crippen LogP contribution >= 0.6 is 0 Å². The van der Waals surface area contributed by atoms with Crippen molar-refractivity contribution >= 4 is 5.91 Å². The number of hydrogen-bond acceptors (Lipinski definition) is 6. The van der Waals surface area contributed by atoms with Gasteiger partial charge in [-0.3, -0.25) is 9.69 Å². The molecule has 1 aromatic heterocycles. The number of nitrogens with one attached hydrogen (secondary N) is 1. The van der Waals surface area contributed by atoms with Gasteiger partial charge >= 0.3 is 0 Å². The van der Waals surface area contributed by atoms with Crippen LogP contribution in [-0.2, 0) is 16.1 Å². The van der Waals surface area contributed by atoms with Crippen LogP contribution in [0.2, 0.25) is 0 Å². The summed E-state index contributed by atoms with van der Waals surface area (Å²) < 4.78 is 6.67. The molecule has 100 valence electrons. The maximum absolute atomic E-state index is 11.5. The van der Waals surface area contributed by atoms with Crippen LogP contribution in [0.5, 0.6) is 0 Å². The number of aromatic nitrogens is 4. The third kappa shape index (κ3) is 4.38. The Balaban J connectivity index is 1.53. The van der Waals surface area contributed by atoms with Crippen LogP contribution in [0.25, 0.3) is 0 Å². The maximum atomic E-state index is 11.5. The molecule has 1 aliphatic rings. The molecule has 0 spiro atoms. The average Bonchev–Trinajstić information content (AvgIpc) is 2.89. The fraction of sp³-hybridized carbons (Fsp3) is 0.800. The van der Waals surface area contributed by atoms with Crippen LogP contribution in [0.4, 0.5) is 0 Å². The number of carbonyl (C=O) groups excluding carboxylic acids is 1. The molecule has 8 heteroatoms. The predicted molar refractivity (Wildman–Crippen MR) is 62.7 cm³/mol. The van der Waals surface area contributed by atoms with Crippen molar-refractivity contribution in [3.63, 3.8) is 0 Å². The second-order valence-corrected chi connectivity index (χ2v) is 4.16. The summed E-state index contributed by atoms with van der Waals surface area (Å²) in [6.45, 7) is 5.44. The summed E-state index contributed by atoms with van der Waals surface area (Å²) in [5.41, 5.74) is 0. The van der Waals surface area contributed by atoms with Crippen molar-refractivity contribution in [2.24, 2.45) is 0 Å². The lowest BCUT2D eigenvalue weighted by Crippen LogP contribution is -2.38. The van der Waals surface area contributed by atoms with Crippen molar-refractivity contribution in [2.45, 2.75) is 13.0 Å². The Bertz CT molecular complexity index is 349. The van der Waals surface area contributed by atoms with Gasteiger partial charge < -0.3 is 10.1 Å². The van der Waals surface area contributed by atoms with E-state index < -0.39 is 0 Å². The van der Waals surface area contributed by atoms with E-state index >= 15 is 0 Å². The molecular formula is C10H18N6O2. The van der Waals surface area contributed by atoms with Crippen LogP contribution < -0.4 is 5.32 Å². The summed E-state index contributed by atoms with van der Waals surface area (Å²) in [7, 11) is 0. The summed E-state index contributed by atoms with van der Waals surface area (Å²) in [6.07, 6.45) is 2.37. The molecule has 18 heavy (non-hydrogen) atoms. The highest BCUT2D eigenvalue weighted by atomic mass is 16.5. The Morgan fingerprint density at radius 3 is 2.94 bits per heavy atom. The van der Waals surface area contributed by atoms with E-state index in [1.165, 1.54) is 11.0 Å². The highest BCUT2D eigenvalue weighted by Gasteiger charge is 2.09. The van der Waals surface area contributed by atoms with E-state index in [0.717, 1.165) is 39.3 Å². The average molecular weight is 254 g/mol. The Morgan fingerprint density at radius 2 is 2.22 bits per heavy atom. The highest BCUT2D eigenvalue weighted by molar-refractivity contribution is 5.75. The van der Waals surface area contributed by atoms with E-state index in [4.69, 9.17) is 4.74 Å². The first kappa shape index (κ1) is 12.9. The fourth-order valence-corrected chi connectivity index (χ4v) is 1.81. The summed E-state index contributed by atoms with van der Waals surface area (Å²) in [5.74, 6) is -0.0655. The molecule has 0 atom stereocenters. The van der Waals surface area contributed by atoms with E-state index in [0.29, 0.717) is 6.54 Å². The van der Waals surface area contributed by atoms with Crippen molar-refractivity contribution in [2.75, 3.05) is 39.4 Å². The van der Waals surface area contributed by atoms with Gasteiger partial charge in [-0.1, -0.05) is 0 Å². The highest BCUT2D eigenvalue weighted by Crippen LogP contribution is 1.97. The first-order chi connectivity index (χ1) is 8.84. The molecule has 1 amide bonds. The van der Waals surface area contributed by atoms with Crippen LogP contribution in [-0.4, -0.2) is 70.4 Å². The minimum absolute atomic E-state index is 0.0655. The standard InChI is InChI=1S/C10H18N6O2/c17-10(8-16-9-12-13-14-16)11-2-1-3-15-4-6-18-7-5-15/h9H,1-8H2,(H,11,17). The molecule has 8 nitrogen and oxygen atoms in total. The number of carbonyl (C=O) groups is 1. The van der Waals surface area contributed by atoms with Gasteiger partial charge in [0.1, 0.15) is 12.9 Å². The van der Waals surface area contributed by atoms with Crippen molar-refractivity contribution in [3.8, 4) is 0 Å². The van der Waals surface area contributed by atoms with Crippen LogP contribution in [0.15, 0.2) is 6.33 Å². The van der Waals surface area contributed by atoms with Gasteiger partial charge in [0, 0.05) is 19.6 Å². The molecule has 1 saturated heterocycles. The smallest absolute Gasteiger partial charge is 0.241 e. The zero-order valence-electron chi connectivity index (χ0n) is 10.3. The lowest BCUT2D eigenvalue weighted by Gasteiger charge is -2.26. The van der Waals surface area contributed by atoms with Gasteiger partial charge in [-0.05, 0) is 23.4 Å². The lowest BCUT2D eigenvalue weighted by atomic mass is 10.3. The van der Waals surface area contributed by atoms with Crippen molar-refractivity contribution in [1.29, 1.82) is 0 Å². The third-order valence-corrected chi connectivity index (χ3v) is 2.77. The fourth-order valence-electron chi connectivity index (χ4n) is 1.81. The number of tetrazole rings is 1. The van der Waals surface area contributed by atoms with E-state index in [1.807, 2.05) is 0 Å². The Hall–Kier alpha value is -1.54. The minimum Gasteiger partial charge on any atom is -0.379 e. The van der Waals surface area contributed by atoms with Gasteiger partial charge in [0.25, 0.3) is 0 Å². The van der Waals surface area contributed by atoms with Crippen molar-refractivity contribution < 1.29 is 9.53 Å². The normalized spacial score (nSPS) is 16.7. The van der Waals surface area contributed by atoms with Gasteiger partial charge in [-0.2, -0.15) is 0 Å². The van der Waals surface area contributed by atoms with E-state index in [9.17, 15) is 4.79 Å². The Kier molecular flexibility index (Phi) is 5.03. The van der Waals surface area contributed by atoms with Crippen LogP contribution in [0.3, 0.4) is 0 Å². The molecule has 0 saturated carbocycles. The summed E-state index contributed by atoms with van der Waals surface area (Å²) in [5, 5.41) is 13.4. The summed E-state index contributed by atoms with van der Waals surface area (Å²) >= 11 is 0.